The van der Waals surface area contributed by atoms with E-state index in [0.717, 1.165) is 39.2 Å². The summed E-state index contributed by atoms with van der Waals surface area (Å²) in [6.45, 7) is 1.30. The van der Waals surface area contributed by atoms with Gasteiger partial charge in [0.15, 0.2) is 0 Å². The topological polar surface area (TPSA) is 413 Å². The minimum atomic E-state index is -3.46. The maximum absolute atomic E-state index is 13.8. The van der Waals surface area contributed by atoms with E-state index in [9.17, 15) is 67.2 Å². The third-order valence-corrected chi connectivity index (χ3v) is 18.7. The lowest BCUT2D eigenvalue weighted by atomic mass is 9.89. The van der Waals surface area contributed by atoms with Crippen molar-refractivity contribution in [2.24, 2.45) is 0 Å². The summed E-state index contributed by atoms with van der Waals surface area (Å²) in [5.74, 6) is -6.96. The third-order valence-electron chi connectivity index (χ3n) is 14.9. The summed E-state index contributed by atoms with van der Waals surface area (Å²) >= 11 is 0. The molecule has 11 N–H and O–H groups in total. The van der Waals surface area contributed by atoms with Crippen LogP contribution in [0.5, 0.6) is 0 Å². The lowest BCUT2D eigenvalue weighted by Crippen LogP contribution is -2.38. The molecule has 3 unspecified atom stereocenters. The molecule has 0 radical (unpaired) electrons. The number of sulfonamides is 3. The standard InChI is InChI=1S/2C17H18FN5O4S.C10H8FNO3.C7H12N4O2S/c1-28(26,27)22-5-4-10-14(8-22)23(21-16(10)19)17(25)12-7-15(24)20-13-3-2-9(18)6-11(12)13;1-28(26,27)22-5-4-10-14(8-22)21-23(16(10)19)17(25)12-7-15(24)20-13-3-2-9(18)6-11(12)13;11-5-1-2-8-6(3-5)7(10(14)15)4-9(13)12-8;1-14(12,13)11-3-2-5-6(4-11)9-10-7(5)8/h2-3,6,12H,4-5,7-8H2,1H3,(H2,19,21)(H,20,24);2-3,6,12H,4-5,7-8,19H2,1H3,(H,20,24);1-3,7H,4H2,(H,12,13)(H,14,15);2-4H2,1H3,(H3,8,9,10). The molecule has 0 aliphatic carbocycles. The molecule has 0 spiro atoms. The highest BCUT2D eigenvalue weighted by Gasteiger charge is 2.39. The van der Waals surface area contributed by atoms with Crippen molar-refractivity contribution in [3.8, 4) is 0 Å². The first-order chi connectivity index (χ1) is 39.9. The number of aromatic nitrogens is 6. The number of amides is 3. The van der Waals surface area contributed by atoms with Crippen LogP contribution in [-0.2, 0) is 88.1 Å². The van der Waals surface area contributed by atoms with Gasteiger partial charge >= 0.3 is 5.97 Å². The number of nitrogen functional groups attached to an aromatic ring is 3. The fourth-order valence-electron chi connectivity index (χ4n) is 10.6. The molecular formula is C51H56F3N15O13S3. The zero-order chi connectivity index (χ0) is 61.8. The van der Waals surface area contributed by atoms with Crippen LogP contribution in [0, 0.1) is 17.5 Å². The van der Waals surface area contributed by atoms with Crippen LogP contribution < -0.4 is 33.2 Å². The SMILES string of the molecule is CS(=O)(=O)N1CCc2c(N)n[nH]c2C1.CS(=O)(=O)N1CCc2c(N)nn(C(=O)C3CC(=O)Nc4ccc(F)cc43)c2C1.CS(=O)(=O)N1CCc2c(nn(C(=O)C3CC(=O)Nc4ccc(F)cc43)c2N)C1.O=C1CC(C(=O)O)c2cc(F)ccc2N1. The number of carboxylic acid groups (broad SMARTS) is 1. The fraction of sp³-hybridized carbons (Fsp3) is 0.353. The molecule has 3 amide bonds. The molecular weight excluding hydrogens is 1180 g/mol. The Kier molecular flexibility index (Phi) is 16.8. The highest BCUT2D eigenvalue weighted by Crippen LogP contribution is 2.38. The Morgan fingerprint density at radius 3 is 1.44 bits per heavy atom. The van der Waals surface area contributed by atoms with E-state index >= 15 is 0 Å². The van der Waals surface area contributed by atoms with Gasteiger partial charge in [-0.2, -0.15) is 27.8 Å². The first kappa shape index (κ1) is 61.0. The summed E-state index contributed by atoms with van der Waals surface area (Å²) < 4.78 is 116. The van der Waals surface area contributed by atoms with Gasteiger partial charge in [0.25, 0.3) is 11.8 Å². The molecule has 34 heteroatoms. The molecule has 12 rings (SSSR count). The van der Waals surface area contributed by atoms with Crippen molar-refractivity contribution in [3.05, 3.63) is 123 Å². The molecule has 6 aromatic rings. The molecule has 0 fully saturated rings. The van der Waals surface area contributed by atoms with Gasteiger partial charge in [0.05, 0.1) is 73.2 Å². The van der Waals surface area contributed by atoms with E-state index in [2.05, 4.69) is 36.3 Å². The van der Waals surface area contributed by atoms with Crippen molar-refractivity contribution < 1.29 is 72.3 Å². The van der Waals surface area contributed by atoms with E-state index in [1.807, 2.05) is 0 Å². The van der Waals surface area contributed by atoms with E-state index in [4.69, 9.17) is 22.3 Å². The summed E-state index contributed by atoms with van der Waals surface area (Å²) in [6, 6.07) is 11.3. The molecule has 6 aliphatic heterocycles. The molecule has 3 aromatic carbocycles. The second-order valence-corrected chi connectivity index (χ2v) is 26.6. The predicted molar refractivity (Wildman–Crippen MR) is 299 cm³/mol. The van der Waals surface area contributed by atoms with Crippen LogP contribution in [0.2, 0.25) is 0 Å². The van der Waals surface area contributed by atoms with Crippen LogP contribution >= 0.6 is 0 Å². The molecule has 28 nitrogen and oxygen atoms in total. The van der Waals surface area contributed by atoms with Gasteiger partial charge in [0.1, 0.15) is 34.9 Å². The van der Waals surface area contributed by atoms with Gasteiger partial charge in [-0.25, -0.2) is 43.1 Å². The Morgan fingerprint density at radius 2 is 0.965 bits per heavy atom. The number of halogens is 3. The maximum atomic E-state index is 13.8. The van der Waals surface area contributed by atoms with Gasteiger partial charge in [0, 0.05) is 72.6 Å². The van der Waals surface area contributed by atoms with Crippen LogP contribution in [0.3, 0.4) is 0 Å². The fourth-order valence-corrected chi connectivity index (χ4v) is 12.9. The molecule has 0 bridgehead atoms. The van der Waals surface area contributed by atoms with Gasteiger partial charge in [0.2, 0.25) is 47.8 Å². The lowest BCUT2D eigenvalue weighted by molar-refractivity contribution is -0.140. The molecule has 6 aliphatic rings. The van der Waals surface area contributed by atoms with Crippen molar-refractivity contribution in [1.29, 1.82) is 0 Å². The van der Waals surface area contributed by atoms with Crippen molar-refractivity contribution in [1.82, 2.24) is 42.7 Å². The Morgan fingerprint density at radius 1 is 0.553 bits per heavy atom. The largest absolute Gasteiger partial charge is 0.481 e. The summed E-state index contributed by atoms with van der Waals surface area (Å²) in [6.07, 6.45) is 4.22. The zero-order valence-corrected chi connectivity index (χ0v) is 47.9. The Labute approximate surface area is 483 Å². The summed E-state index contributed by atoms with van der Waals surface area (Å²) in [5.41, 5.74) is 23.6. The molecule has 3 aromatic heterocycles. The van der Waals surface area contributed by atoms with E-state index in [1.54, 1.807) is 0 Å². The number of nitrogens with zero attached hydrogens (tertiary/aromatic N) is 8. The van der Waals surface area contributed by atoms with E-state index in [1.165, 1.54) is 67.7 Å². The van der Waals surface area contributed by atoms with E-state index in [-0.39, 0.29) is 74.8 Å². The van der Waals surface area contributed by atoms with Gasteiger partial charge in [-0.05, 0) is 90.6 Å². The average Bonchev–Trinajstić information content (AvgIpc) is 1.95. The minimum Gasteiger partial charge on any atom is -0.481 e. The zero-order valence-electron chi connectivity index (χ0n) is 45.4. The third kappa shape index (κ3) is 13.1. The second-order valence-electron chi connectivity index (χ2n) is 20.7. The quantitative estimate of drug-likeness (QED) is 0.118. The number of hydrogen-bond acceptors (Lipinski definition) is 18. The Balaban J connectivity index is 0.000000142. The number of aliphatic carboxylic acids is 1. The summed E-state index contributed by atoms with van der Waals surface area (Å²) in [7, 11) is -9.98. The number of carboxylic acids is 1. The number of anilines is 6. The first-order valence-electron chi connectivity index (χ1n) is 25.8. The number of benzene rings is 3. The van der Waals surface area contributed by atoms with E-state index < -0.39 is 83.1 Å². The van der Waals surface area contributed by atoms with Crippen LogP contribution in [0.4, 0.5) is 47.7 Å². The van der Waals surface area contributed by atoms with Gasteiger partial charge < -0.3 is 38.3 Å². The summed E-state index contributed by atoms with van der Waals surface area (Å²) in [4.78, 5) is 72.4. The highest BCUT2D eigenvalue weighted by atomic mass is 32.2. The van der Waals surface area contributed by atoms with E-state index in [0.29, 0.717) is 94.4 Å². The Bertz CT molecular complexity index is 4110. The number of nitrogens with one attached hydrogen (secondary N) is 4. The molecule has 0 saturated carbocycles. The predicted octanol–water partition coefficient (Wildman–Crippen LogP) is 2.02. The normalized spacial score (nSPS) is 19.3. The number of H-pyrrole nitrogens is 1. The molecule has 3 atom stereocenters. The number of carbonyl (C=O) groups is 6. The van der Waals surface area contributed by atoms with Crippen molar-refractivity contribution in [2.45, 2.75) is 75.9 Å². The molecule has 9 heterocycles. The number of nitrogens with two attached hydrogens (primary N) is 3. The lowest BCUT2D eigenvalue weighted by Gasteiger charge is -2.27. The molecule has 452 valence electrons. The minimum absolute atomic E-state index is 0.0228. The van der Waals surface area contributed by atoms with Crippen molar-refractivity contribution in [3.63, 3.8) is 0 Å². The average molecular weight is 1240 g/mol. The van der Waals surface area contributed by atoms with Gasteiger partial charge in [-0.1, -0.05) is 0 Å². The molecule has 85 heavy (non-hydrogen) atoms. The van der Waals surface area contributed by atoms with Crippen LogP contribution in [-0.4, -0.2) is 147 Å². The van der Waals surface area contributed by atoms with Crippen molar-refractivity contribution >= 4 is 100 Å². The monoisotopic (exact) mass is 1240 g/mol. The maximum Gasteiger partial charge on any atom is 0.311 e. The number of fused-ring (bicyclic) bond motifs is 6. The van der Waals surface area contributed by atoms with Crippen molar-refractivity contribution in [2.75, 3.05) is 71.6 Å². The van der Waals surface area contributed by atoms with Gasteiger partial charge in [-0.3, -0.25) is 33.9 Å². The Hall–Kier alpha value is -8.57. The number of hydrogen-bond donors (Lipinski definition) is 8. The first-order valence-corrected chi connectivity index (χ1v) is 31.4. The number of aromatic amines is 1. The smallest absolute Gasteiger partial charge is 0.311 e. The number of carbonyl (C=O) groups excluding carboxylic acids is 5. The van der Waals surface area contributed by atoms with Crippen LogP contribution in [0.1, 0.15) is 97.1 Å². The van der Waals surface area contributed by atoms with Crippen LogP contribution in [0.15, 0.2) is 54.6 Å². The highest BCUT2D eigenvalue weighted by molar-refractivity contribution is 7.88. The number of rotatable bonds is 6. The van der Waals surface area contributed by atoms with Crippen LogP contribution in [0.25, 0.3) is 0 Å². The van der Waals surface area contributed by atoms with Gasteiger partial charge in [-0.15, -0.1) is 5.10 Å². The summed E-state index contributed by atoms with van der Waals surface area (Å²) in [5, 5.41) is 31.5. The second kappa shape index (κ2) is 23.5. The molecule has 0 saturated heterocycles.